The summed E-state index contributed by atoms with van der Waals surface area (Å²) in [5, 5.41) is 0. The summed E-state index contributed by atoms with van der Waals surface area (Å²) < 4.78 is 0. The van der Waals surface area contributed by atoms with Crippen molar-refractivity contribution in [1.29, 1.82) is 0 Å². The summed E-state index contributed by atoms with van der Waals surface area (Å²) in [7, 11) is 0. The lowest BCUT2D eigenvalue weighted by atomic mass is 9.93. The lowest BCUT2D eigenvalue weighted by Crippen LogP contribution is -2.21. The molecule has 0 bridgehead atoms. The standard InChI is InChI=1S/C8H16Cl2S/c1-3-11-5-4-8(2,6-9)7-10/h3-7H2,1-2H3. The molecule has 0 radical (unpaired) electrons. The second-order valence-corrected chi connectivity index (χ2v) is 4.95. The molecule has 0 saturated heterocycles. The lowest BCUT2D eigenvalue weighted by molar-refractivity contribution is 0.415. The summed E-state index contributed by atoms with van der Waals surface area (Å²) in [4.78, 5) is 0. The van der Waals surface area contributed by atoms with Gasteiger partial charge in [0.25, 0.3) is 0 Å². The van der Waals surface area contributed by atoms with Gasteiger partial charge in [0, 0.05) is 11.8 Å². The van der Waals surface area contributed by atoms with Crippen LogP contribution >= 0.6 is 35.0 Å². The zero-order valence-corrected chi connectivity index (χ0v) is 9.53. The Hall–Kier alpha value is 0.930. The molecule has 0 spiro atoms. The van der Waals surface area contributed by atoms with E-state index in [2.05, 4.69) is 13.8 Å². The van der Waals surface area contributed by atoms with E-state index in [1.54, 1.807) is 0 Å². The van der Waals surface area contributed by atoms with Gasteiger partial charge in [-0.15, -0.1) is 23.2 Å². The molecule has 0 heterocycles. The SMILES string of the molecule is CCSCCC(C)(CCl)CCl. The number of alkyl halides is 2. The van der Waals surface area contributed by atoms with Crippen LogP contribution in [0.15, 0.2) is 0 Å². The Morgan fingerprint density at radius 1 is 1.27 bits per heavy atom. The van der Waals surface area contributed by atoms with E-state index in [9.17, 15) is 0 Å². The van der Waals surface area contributed by atoms with E-state index in [-0.39, 0.29) is 5.41 Å². The minimum absolute atomic E-state index is 0.144. The van der Waals surface area contributed by atoms with Crippen LogP contribution in [0.25, 0.3) is 0 Å². The molecule has 3 heteroatoms. The van der Waals surface area contributed by atoms with Crippen molar-refractivity contribution in [2.45, 2.75) is 20.3 Å². The Morgan fingerprint density at radius 3 is 2.18 bits per heavy atom. The van der Waals surface area contributed by atoms with E-state index in [1.807, 2.05) is 11.8 Å². The smallest absolute Gasteiger partial charge is 0.0289 e. The molecule has 0 fully saturated rings. The zero-order chi connectivity index (χ0) is 8.74. The van der Waals surface area contributed by atoms with E-state index in [1.165, 1.54) is 11.5 Å². The maximum absolute atomic E-state index is 5.79. The minimum atomic E-state index is 0.144. The first-order valence-corrected chi connectivity index (χ1v) is 6.10. The van der Waals surface area contributed by atoms with Gasteiger partial charge in [0.15, 0.2) is 0 Å². The molecule has 0 rings (SSSR count). The number of hydrogen-bond donors (Lipinski definition) is 0. The van der Waals surface area contributed by atoms with Crippen LogP contribution in [0.5, 0.6) is 0 Å². The molecule has 0 atom stereocenters. The Kier molecular flexibility index (Phi) is 6.99. The molecule has 0 aromatic rings. The Labute approximate surface area is 84.0 Å². The molecule has 0 saturated carbocycles. The van der Waals surface area contributed by atoms with E-state index >= 15 is 0 Å². The van der Waals surface area contributed by atoms with Gasteiger partial charge in [-0.3, -0.25) is 0 Å². The molecule has 0 N–H and O–H groups in total. The van der Waals surface area contributed by atoms with Crippen molar-refractivity contribution in [3.8, 4) is 0 Å². The first-order valence-electron chi connectivity index (χ1n) is 3.88. The predicted molar refractivity (Wildman–Crippen MR) is 57.2 cm³/mol. The van der Waals surface area contributed by atoms with Gasteiger partial charge < -0.3 is 0 Å². The number of thioether (sulfide) groups is 1. The topological polar surface area (TPSA) is 0 Å². The average Bonchev–Trinajstić information content (AvgIpc) is 2.05. The average molecular weight is 215 g/mol. The molecule has 0 aromatic heterocycles. The number of hydrogen-bond acceptors (Lipinski definition) is 1. The van der Waals surface area contributed by atoms with Crippen molar-refractivity contribution >= 4 is 35.0 Å². The van der Waals surface area contributed by atoms with Gasteiger partial charge in [-0.05, 0) is 23.3 Å². The normalized spacial score (nSPS) is 12.0. The summed E-state index contributed by atoms with van der Waals surface area (Å²) in [6.45, 7) is 4.31. The third-order valence-corrected chi connectivity index (χ3v) is 3.89. The van der Waals surface area contributed by atoms with E-state index in [0.717, 1.165) is 6.42 Å². The van der Waals surface area contributed by atoms with Crippen molar-refractivity contribution in [3.63, 3.8) is 0 Å². The summed E-state index contributed by atoms with van der Waals surface area (Å²) >= 11 is 13.5. The van der Waals surface area contributed by atoms with Gasteiger partial charge in [-0.25, -0.2) is 0 Å². The van der Waals surface area contributed by atoms with Gasteiger partial charge in [0.1, 0.15) is 0 Å². The fourth-order valence-corrected chi connectivity index (χ4v) is 2.11. The summed E-state index contributed by atoms with van der Waals surface area (Å²) in [6.07, 6.45) is 1.12. The maximum Gasteiger partial charge on any atom is 0.0289 e. The van der Waals surface area contributed by atoms with Crippen molar-refractivity contribution in [2.24, 2.45) is 5.41 Å². The van der Waals surface area contributed by atoms with E-state index in [0.29, 0.717) is 11.8 Å². The minimum Gasteiger partial charge on any atom is -0.162 e. The first-order chi connectivity index (χ1) is 5.18. The van der Waals surface area contributed by atoms with E-state index in [4.69, 9.17) is 23.2 Å². The lowest BCUT2D eigenvalue weighted by Gasteiger charge is -2.23. The van der Waals surface area contributed by atoms with Gasteiger partial charge in [0.05, 0.1) is 0 Å². The van der Waals surface area contributed by atoms with Crippen LogP contribution in [-0.4, -0.2) is 23.3 Å². The zero-order valence-electron chi connectivity index (χ0n) is 7.20. The molecular weight excluding hydrogens is 199 g/mol. The first kappa shape index (κ1) is 11.9. The molecule has 0 aromatic carbocycles. The van der Waals surface area contributed by atoms with Crippen LogP contribution < -0.4 is 0 Å². The van der Waals surface area contributed by atoms with Crippen LogP contribution in [0.1, 0.15) is 20.3 Å². The number of rotatable bonds is 6. The van der Waals surface area contributed by atoms with Crippen LogP contribution in [0.3, 0.4) is 0 Å². The monoisotopic (exact) mass is 214 g/mol. The summed E-state index contributed by atoms with van der Waals surface area (Å²) in [6, 6.07) is 0. The Morgan fingerprint density at radius 2 is 1.82 bits per heavy atom. The summed E-state index contributed by atoms with van der Waals surface area (Å²) in [5.74, 6) is 3.69. The van der Waals surface area contributed by atoms with Crippen LogP contribution in [0.4, 0.5) is 0 Å². The van der Waals surface area contributed by atoms with Gasteiger partial charge >= 0.3 is 0 Å². The van der Waals surface area contributed by atoms with E-state index < -0.39 is 0 Å². The predicted octanol–water partition coefficient (Wildman–Crippen LogP) is 3.61. The molecule has 68 valence electrons. The Bertz CT molecular complexity index is 92.1. The molecule has 0 aliphatic heterocycles. The second-order valence-electron chi connectivity index (χ2n) is 3.02. The van der Waals surface area contributed by atoms with Crippen LogP contribution in [0, 0.1) is 5.41 Å². The van der Waals surface area contributed by atoms with Gasteiger partial charge in [0.2, 0.25) is 0 Å². The third-order valence-electron chi connectivity index (χ3n) is 1.70. The number of halogens is 2. The maximum atomic E-state index is 5.79. The van der Waals surface area contributed by atoms with Crippen LogP contribution in [-0.2, 0) is 0 Å². The molecule has 0 unspecified atom stereocenters. The second kappa shape index (κ2) is 6.45. The molecule has 0 amide bonds. The van der Waals surface area contributed by atoms with Crippen molar-refractivity contribution in [3.05, 3.63) is 0 Å². The summed E-state index contributed by atoms with van der Waals surface area (Å²) in [5.41, 5.74) is 0.144. The van der Waals surface area contributed by atoms with Gasteiger partial charge in [-0.2, -0.15) is 11.8 Å². The fraction of sp³-hybridized carbons (Fsp3) is 1.00. The quantitative estimate of drug-likeness (QED) is 0.481. The third kappa shape index (κ3) is 5.21. The highest BCUT2D eigenvalue weighted by molar-refractivity contribution is 7.99. The highest BCUT2D eigenvalue weighted by atomic mass is 35.5. The van der Waals surface area contributed by atoms with Crippen LogP contribution in [0.2, 0.25) is 0 Å². The van der Waals surface area contributed by atoms with Crippen molar-refractivity contribution in [1.82, 2.24) is 0 Å². The highest BCUT2D eigenvalue weighted by Crippen LogP contribution is 2.26. The van der Waals surface area contributed by atoms with Gasteiger partial charge in [-0.1, -0.05) is 13.8 Å². The largest absolute Gasteiger partial charge is 0.162 e. The highest BCUT2D eigenvalue weighted by Gasteiger charge is 2.20. The van der Waals surface area contributed by atoms with Crippen molar-refractivity contribution < 1.29 is 0 Å². The molecular formula is C8H16Cl2S. The van der Waals surface area contributed by atoms with Crippen molar-refractivity contribution in [2.75, 3.05) is 23.3 Å². The molecule has 0 nitrogen and oxygen atoms in total. The fourth-order valence-electron chi connectivity index (χ4n) is 0.632. The molecule has 0 aliphatic rings. The molecule has 11 heavy (non-hydrogen) atoms. The molecule has 0 aliphatic carbocycles. The Balaban J connectivity index is 3.51.